The predicted octanol–water partition coefficient (Wildman–Crippen LogP) is 4.77. The average molecular weight is 429 g/mol. The van der Waals surface area contributed by atoms with E-state index in [2.05, 4.69) is 10.5 Å². The summed E-state index contributed by atoms with van der Waals surface area (Å²) in [6, 6.07) is 9.07. The highest BCUT2D eigenvalue weighted by atomic mass is 35.5. The number of aryl methyl sites for hydroxylation is 1. The Morgan fingerprint density at radius 3 is 2.76 bits per heavy atom. The summed E-state index contributed by atoms with van der Waals surface area (Å²) in [6.45, 7) is 1.87. The van der Waals surface area contributed by atoms with Crippen molar-refractivity contribution in [3.8, 4) is 10.4 Å². The molecule has 29 heavy (non-hydrogen) atoms. The fraction of sp³-hybridized carbons (Fsp3) is 0.238. The van der Waals surface area contributed by atoms with Crippen molar-refractivity contribution in [2.45, 2.75) is 25.2 Å². The second-order valence-corrected chi connectivity index (χ2v) is 8.98. The second-order valence-electron chi connectivity index (χ2n) is 7.49. The van der Waals surface area contributed by atoms with Gasteiger partial charge in [0.15, 0.2) is 5.76 Å². The molecule has 6 nitrogen and oxygen atoms in total. The van der Waals surface area contributed by atoms with Crippen molar-refractivity contribution in [3.63, 3.8) is 0 Å². The number of benzene rings is 1. The molecule has 1 aliphatic carbocycles. The van der Waals surface area contributed by atoms with Crippen molar-refractivity contribution in [2.24, 2.45) is 0 Å². The Hall–Kier alpha value is -2.61. The Bertz CT molecular complexity index is 1190. The Morgan fingerprint density at radius 2 is 2.10 bits per heavy atom. The van der Waals surface area contributed by atoms with Gasteiger partial charge in [-0.2, -0.15) is 0 Å². The molecule has 2 aliphatic rings. The summed E-state index contributed by atoms with van der Waals surface area (Å²) < 4.78 is 5.11. The number of rotatable bonds is 4. The van der Waals surface area contributed by atoms with Gasteiger partial charge in [0.25, 0.3) is 5.91 Å². The minimum atomic E-state index is -0.427. The van der Waals surface area contributed by atoms with Crippen molar-refractivity contribution in [1.29, 1.82) is 0 Å². The molecule has 1 aliphatic heterocycles. The van der Waals surface area contributed by atoms with Crippen LogP contribution in [0.3, 0.4) is 0 Å². The van der Waals surface area contributed by atoms with E-state index in [1.165, 1.54) is 0 Å². The summed E-state index contributed by atoms with van der Waals surface area (Å²) in [7, 11) is 0. The van der Waals surface area contributed by atoms with Crippen molar-refractivity contribution in [2.75, 3.05) is 11.9 Å². The van der Waals surface area contributed by atoms with E-state index < -0.39 is 5.91 Å². The molecule has 2 aromatic heterocycles. The summed E-state index contributed by atoms with van der Waals surface area (Å²) in [5.41, 5.74) is 2.47. The third-order valence-corrected chi connectivity index (χ3v) is 7.18. The molecule has 5 rings (SSSR count). The van der Waals surface area contributed by atoms with Gasteiger partial charge < -0.3 is 20.1 Å². The number of amides is 1. The number of nitrogens with one attached hydrogen (secondary N) is 1. The number of fused-ring (bicyclic) bond motifs is 1. The van der Waals surface area contributed by atoms with E-state index >= 15 is 0 Å². The monoisotopic (exact) mass is 428 g/mol. The van der Waals surface area contributed by atoms with Gasteiger partial charge in [-0.15, -0.1) is 11.3 Å². The van der Waals surface area contributed by atoms with Crippen molar-refractivity contribution in [1.82, 2.24) is 5.16 Å². The molecule has 1 amide bonds. The minimum Gasteiger partial charge on any atom is -0.504 e. The molecule has 1 aromatic carbocycles. The van der Waals surface area contributed by atoms with E-state index in [-0.39, 0.29) is 29.1 Å². The van der Waals surface area contributed by atoms with Crippen molar-refractivity contribution in [3.05, 3.63) is 57.2 Å². The smallest absolute Gasteiger partial charge is 0.260 e. The van der Waals surface area contributed by atoms with Gasteiger partial charge in [0.1, 0.15) is 0 Å². The molecule has 0 saturated heterocycles. The second kappa shape index (κ2) is 6.45. The van der Waals surface area contributed by atoms with Crippen LogP contribution in [0.5, 0.6) is 0 Å². The largest absolute Gasteiger partial charge is 0.504 e. The molecule has 3 aromatic rings. The Labute approximate surface area is 175 Å². The first-order valence-electron chi connectivity index (χ1n) is 9.15. The Balaban J connectivity index is 1.61. The molecule has 1 saturated carbocycles. The number of nitrogens with zero attached hydrogens (tertiary/aromatic N) is 1. The lowest BCUT2D eigenvalue weighted by Gasteiger charge is -2.09. The Morgan fingerprint density at radius 1 is 1.31 bits per heavy atom. The first-order chi connectivity index (χ1) is 13.9. The number of hydrogen-bond donors (Lipinski definition) is 3. The number of aromatic nitrogens is 1. The van der Waals surface area contributed by atoms with Gasteiger partial charge in [-0.3, -0.25) is 4.79 Å². The molecule has 148 valence electrons. The first-order valence-corrected chi connectivity index (χ1v) is 10.3. The normalized spacial score (nSPS) is 18.5. The SMILES string of the molecule is Cc1cc(C(O)=C2C(=O)Nc3cc(Cl)c(-c4ccc(C5(CO)CC5)s4)cc32)on1. The standard InChI is InChI=1S/C21H17ClN2O4S/c1-10-6-15(28-24-10)19(26)18-12-7-11(13(22)8-14(12)23-20(18)27)16-2-3-17(29-16)21(9-25)4-5-21/h2-3,6-8,25-26H,4-5,9H2,1H3,(H,23,27). The lowest BCUT2D eigenvalue weighted by molar-refractivity contribution is -0.110. The maximum absolute atomic E-state index is 12.5. The molecule has 3 heterocycles. The van der Waals surface area contributed by atoms with Gasteiger partial charge in [0, 0.05) is 32.4 Å². The van der Waals surface area contributed by atoms with Crippen LogP contribution in [0.2, 0.25) is 5.02 Å². The highest BCUT2D eigenvalue weighted by Crippen LogP contribution is 2.52. The Kier molecular flexibility index (Phi) is 4.10. The van der Waals surface area contributed by atoms with E-state index in [0.717, 1.165) is 28.2 Å². The summed E-state index contributed by atoms with van der Waals surface area (Å²) in [6.07, 6.45) is 1.97. The molecule has 0 radical (unpaired) electrons. The molecule has 8 heteroatoms. The van der Waals surface area contributed by atoms with Crippen LogP contribution in [0.1, 0.15) is 34.7 Å². The van der Waals surface area contributed by atoms with Gasteiger partial charge in [-0.1, -0.05) is 16.8 Å². The third-order valence-electron chi connectivity index (χ3n) is 5.50. The van der Waals surface area contributed by atoms with Crippen LogP contribution in [0.25, 0.3) is 21.8 Å². The van der Waals surface area contributed by atoms with Gasteiger partial charge in [0.2, 0.25) is 5.76 Å². The highest BCUT2D eigenvalue weighted by Gasteiger charge is 2.45. The number of carbonyl (C=O) groups is 1. The van der Waals surface area contributed by atoms with E-state index in [1.807, 2.05) is 12.1 Å². The molecule has 3 N–H and O–H groups in total. The molecule has 0 unspecified atom stereocenters. The zero-order valence-corrected chi connectivity index (χ0v) is 17.0. The fourth-order valence-corrected chi connectivity index (χ4v) is 5.21. The maximum atomic E-state index is 12.5. The minimum absolute atomic E-state index is 0.114. The van der Waals surface area contributed by atoms with Crippen LogP contribution >= 0.6 is 22.9 Å². The number of aliphatic hydroxyl groups is 2. The number of aliphatic hydroxyl groups excluding tert-OH is 2. The van der Waals surface area contributed by atoms with E-state index in [4.69, 9.17) is 16.1 Å². The van der Waals surface area contributed by atoms with E-state index in [1.54, 1.807) is 36.5 Å². The fourth-order valence-electron chi connectivity index (χ4n) is 3.61. The first kappa shape index (κ1) is 18.4. The summed E-state index contributed by atoms with van der Waals surface area (Å²) >= 11 is 8.10. The molecule has 0 bridgehead atoms. The quantitative estimate of drug-likeness (QED) is 0.411. The van der Waals surface area contributed by atoms with Crippen molar-refractivity contribution >= 4 is 45.9 Å². The van der Waals surface area contributed by atoms with Gasteiger partial charge in [-0.05, 0) is 44.0 Å². The molecular formula is C21H17ClN2O4S. The van der Waals surface area contributed by atoms with Crippen LogP contribution < -0.4 is 5.32 Å². The average Bonchev–Trinajstić information content (AvgIpc) is 3.02. The van der Waals surface area contributed by atoms with E-state index in [9.17, 15) is 15.0 Å². The number of hydrogen-bond acceptors (Lipinski definition) is 6. The van der Waals surface area contributed by atoms with Gasteiger partial charge in [0.05, 0.1) is 28.6 Å². The maximum Gasteiger partial charge on any atom is 0.260 e. The van der Waals surface area contributed by atoms with Crippen LogP contribution in [0, 0.1) is 6.92 Å². The number of anilines is 1. The number of carbonyl (C=O) groups excluding carboxylic acids is 1. The molecule has 0 atom stereocenters. The molecular weight excluding hydrogens is 412 g/mol. The van der Waals surface area contributed by atoms with Gasteiger partial charge in [-0.25, -0.2) is 0 Å². The zero-order valence-electron chi connectivity index (χ0n) is 15.5. The lowest BCUT2D eigenvalue weighted by Crippen LogP contribution is -2.09. The molecule has 1 fully saturated rings. The summed E-state index contributed by atoms with van der Waals surface area (Å²) in [5, 5.41) is 27.4. The predicted molar refractivity (Wildman–Crippen MR) is 112 cm³/mol. The van der Waals surface area contributed by atoms with E-state index in [0.29, 0.717) is 22.0 Å². The third kappa shape index (κ3) is 2.88. The van der Waals surface area contributed by atoms with Crippen LogP contribution in [-0.2, 0) is 10.2 Å². The summed E-state index contributed by atoms with van der Waals surface area (Å²) in [4.78, 5) is 14.6. The summed E-state index contributed by atoms with van der Waals surface area (Å²) in [5.74, 6) is -0.558. The lowest BCUT2D eigenvalue weighted by atomic mass is 10.0. The number of halogens is 1. The van der Waals surface area contributed by atoms with Crippen LogP contribution in [-0.4, -0.2) is 27.9 Å². The van der Waals surface area contributed by atoms with Crippen LogP contribution in [0.4, 0.5) is 5.69 Å². The van der Waals surface area contributed by atoms with Crippen LogP contribution in [0.15, 0.2) is 34.9 Å². The molecule has 0 spiro atoms. The van der Waals surface area contributed by atoms with Crippen molar-refractivity contribution < 1.29 is 19.5 Å². The topological polar surface area (TPSA) is 95.6 Å². The number of thiophene rings is 1. The zero-order chi connectivity index (χ0) is 20.3. The van der Waals surface area contributed by atoms with Gasteiger partial charge >= 0.3 is 0 Å². The highest BCUT2D eigenvalue weighted by molar-refractivity contribution is 7.15.